The summed E-state index contributed by atoms with van der Waals surface area (Å²) in [5.74, 6) is 0.782. The van der Waals surface area contributed by atoms with E-state index in [9.17, 15) is 15.3 Å². The van der Waals surface area contributed by atoms with Crippen molar-refractivity contribution in [2.45, 2.75) is 65.0 Å². The highest BCUT2D eigenvalue weighted by Crippen LogP contribution is 2.24. The molecule has 0 saturated carbocycles. The summed E-state index contributed by atoms with van der Waals surface area (Å²) in [4.78, 5) is 2.18. The molecule has 0 atom stereocenters. The third-order valence-electron chi connectivity index (χ3n) is 5.73. The van der Waals surface area contributed by atoms with Gasteiger partial charge in [0.1, 0.15) is 12.4 Å². The predicted molar refractivity (Wildman–Crippen MR) is 117 cm³/mol. The largest absolute Gasteiger partial charge is 0.489 e. The van der Waals surface area contributed by atoms with Crippen LogP contribution < -0.4 is 9.64 Å². The summed E-state index contributed by atoms with van der Waals surface area (Å²) in [5.41, 5.74) is 2.93. The molecule has 0 radical (unpaired) electrons. The maximum absolute atomic E-state index is 10.4. The van der Waals surface area contributed by atoms with Gasteiger partial charge >= 0.3 is 0 Å². The molecule has 0 unspecified atom stereocenters. The van der Waals surface area contributed by atoms with Gasteiger partial charge in [0.05, 0.1) is 18.8 Å². The Morgan fingerprint density at radius 2 is 1.69 bits per heavy atom. The summed E-state index contributed by atoms with van der Waals surface area (Å²) in [6, 6.07) is 13.6. The minimum absolute atomic E-state index is 0.0840. The zero-order valence-corrected chi connectivity index (χ0v) is 17.9. The number of benzene rings is 2. The lowest BCUT2D eigenvalue weighted by atomic mass is 9.92. The first-order chi connectivity index (χ1) is 13.9. The van der Waals surface area contributed by atoms with Crippen LogP contribution in [0.1, 0.15) is 56.2 Å². The van der Waals surface area contributed by atoms with Crippen LogP contribution in [0.25, 0.3) is 0 Å². The van der Waals surface area contributed by atoms with Crippen LogP contribution in [0.3, 0.4) is 0 Å². The zero-order valence-electron chi connectivity index (χ0n) is 17.9. The van der Waals surface area contributed by atoms with Gasteiger partial charge in [0.15, 0.2) is 0 Å². The first-order valence-electron chi connectivity index (χ1n) is 10.4. The fourth-order valence-corrected chi connectivity index (χ4v) is 3.43. The van der Waals surface area contributed by atoms with E-state index in [-0.39, 0.29) is 13.2 Å². The molecule has 2 rings (SSSR count). The molecule has 0 aliphatic heterocycles. The van der Waals surface area contributed by atoms with Crippen LogP contribution in [0.4, 0.5) is 5.69 Å². The summed E-state index contributed by atoms with van der Waals surface area (Å²) in [5, 5.41) is 29.2. The number of aliphatic hydroxyl groups excluding tert-OH is 2. The number of ether oxygens (including phenoxy) is 1. The van der Waals surface area contributed by atoms with Crippen molar-refractivity contribution in [2.24, 2.45) is 0 Å². The molecule has 0 saturated heterocycles. The van der Waals surface area contributed by atoms with E-state index in [1.807, 2.05) is 50.2 Å². The number of aliphatic hydroxyl groups is 3. The Morgan fingerprint density at radius 3 is 2.34 bits per heavy atom. The predicted octanol–water partition coefficient (Wildman–Crippen LogP) is 4.02. The van der Waals surface area contributed by atoms with Crippen LogP contribution in [-0.4, -0.2) is 34.5 Å². The molecule has 3 N–H and O–H groups in total. The number of nitrogens with zero attached hydrogens (tertiary/aromatic N) is 1. The fraction of sp³-hybridized carbons (Fsp3) is 0.500. The summed E-state index contributed by atoms with van der Waals surface area (Å²) in [7, 11) is 2.05. The van der Waals surface area contributed by atoms with Crippen molar-refractivity contribution >= 4 is 5.69 Å². The SMILES string of the molecule is CCC(O)(CC)CCCN(C)c1cccc(OCc2ccc(CO)c(CO)c2)c1. The summed E-state index contributed by atoms with van der Waals surface area (Å²) in [6.07, 6.45) is 3.31. The van der Waals surface area contributed by atoms with Crippen molar-refractivity contribution in [3.8, 4) is 5.75 Å². The lowest BCUT2D eigenvalue weighted by Gasteiger charge is -2.27. The zero-order chi connectivity index (χ0) is 21.3. The molecule has 5 nitrogen and oxygen atoms in total. The summed E-state index contributed by atoms with van der Waals surface area (Å²) in [6.45, 7) is 5.15. The van der Waals surface area contributed by atoms with E-state index in [1.165, 1.54) is 0 Å². The Balaban J connectivity index is 1.93. The molecule has 0 aliphatic rings. The van der Waals surface area contributed by atoms with Crippen molar-refractivity contribution in [1.82, 2.24) is 0 Å². The second kappa shape index (κ2) is 11.2. The van der Waals surface area contributed by atoms with E-state index in [4.69, 9.17) is 4.74 Å². The lowest BCUT2D eigenvalue weighted by Crippen LogP contribution is -2.28. The third-order valence-corrected chi connectivity index (χ3v) is 5.73. The van der Waals surface area contributed by atoms with Crippen LogP contribution >= 0.6 is 0 Å². The average Bonchev–Trinajstić information content (AvgIpc) is 2.77. The normalized spacial score (nSPS) is 11.5. The molecule has 5 heteroatoms. The van der Waals surface area contributed by atoms with Gasteiger partial charge in [-0.2, -0.15) is 0 Å². The molecule has 0 amide bonds. The van der Waals surface area contributed by atoms with Gasteiger partial charge in [-0.05, 0) is 60.6 Å². The quantitative estimate of drug-likeness (QED) is 0.501. The first-order valence-corrected chi connectivity index (χ1v) is 10.4. The monoisotopic (exact) mass is 401 g/mol. The smallest absolute Gasteiger partial charge is 0.121 e. The molecule has 0 bridgehead atoms. The molecule has 0 spiro atoms. The Kier molecular flexibility index (Phi) is 8.96. The van der Waals surface area contributed by atoms with Gasteiger partial charge in [-0.1, -0.05) is 32.0 Å². The fourth-order valence-electron chi connectivity index (χ4n) is 3.43. The Labute approximate surface area is 174 Å². The topological polar surface area (TPSA) is 73.2 Å². The minimum Gasteiger partial charge on any atom is -0.489 e. The molecule has 0 heterocycles. The molecule has 0 fully saturated rings. The first kappa shape index (κ1) is 23.2. The summed E-state index contributed by atoms with van der Waals surface area (Å²) < 4.78 is 5.94. The van der Waals surface area contributed by atoms with E-state index in [2.05, 4.69) is 18.0 Å². The molecule has 2 aromatic rings. The summed E-state index contributed by atoms with van der Waals surface area (Å²) >= 11 is 0. The highest BCUT2D eigenvalue weighted by molar-refractivity contribution is 5.50. The van der Waals surface area contributed by atoms with E-state index >= 15 is 0 Å². The molecule has 2 aromatic carbocycles. The highest BCUT2D eigenvalue weighted by atomic mass is 16.5. The Hall–Kier alpha value is -2.08. The maximum atomic E-state index is 10.4. The van der Waals surface area contributed by atoms with Crippen LogP contribution in [0.15, 0.2) is 42.5 Å². The van der Waals surface area contributed by atoms with Crippen LogP contribution in [0, 0.1) is 0 Å². The van der Waals surface area contributed by atoms with Crippen molar-refractivity contribution in [3.63, 3.8) is 0 Å². The minimum atomic E-state index is -0.551. The number of hydrogen-bond acceptors (Lipinski definition) is 5. The van der Waals surface area contributed by atoms with Crippen LogP contribution in [-0.2, 0) is 19.8 Å². The molecule has 29 heavy (non-hydrogen) atoms. The second-order valence-corrected chi connectivity index (χ2v) is 7.66. The van der Waals surface area contributed by atoms with Gasteiger partial charge < -0.3 is 25.0 Å². The van der Waals surface area contributed by atoms with E-state index in [0.717, 1.165) is 60.4 Å². The van der Waals surface area contributed by atoms with Gasteiger partial charge in [0.2, 0.25) is 0 Å². The highest BCUT2D eigenvalue weighted by Gasteiger charge is 2.21. The van der Waals surface area contributed by atoms with E-state index < -0.39 is 5.60 Å². The van der Waals surface area contributed by atoms with Gasteiger partial charge in [0.25, 0.3) is 0 Å². The van der Waals surface area contributed by atoms with E-state index in [0.29, 0.717) is 6.61 Å². The third kappa shape index (κ3) is 6.74. The maximum Gasteiger partial charge on any atom is 0.121 e. The second-order valence-electron chi connectivity index (χ2n) is 7.66. The van der Waals surface area contributed by atoms with Gasteiger partial charge in [-0.3, -0.25) is 0 Å². The lowest BCUT2D eigenvalue weighted by molar-refractivity contribution is 0.0223. The van der Waals surface area contributed by atoms with Crippen LogP contribution in [0.2, 0.25) is 0 Å². The van der Waals surface area contributed by atoms with Crippen molar-refractivity contribution in [1.29, 1.82) is 0 Å². The van der Waals surface area contributed by atoms with Crippen molar-refractivity contribution in [3.05, 3.63) is 59.2 Å². The Morgan fingerprint density at radius 1 is 0.966 bits per heavy atom. The number of hydrogen-bond donors (Lipinski definition) is 3. The molecular formula is C24H35NO4. The molecule has 0 aromatic heterocycles. The molecule has 0 aliphatic carbocycles. The van der Waals surface area contributed by atoms with E-state index in [1.54, 1.807) is 0 Å². The average molecular weight is 402 g/mol. The molecule has 160 valence electrons. The van der Waals surface area contributed by atoms with Crippen molar-refractivity contribution in [2.75, 3.05) is 18.5 Å². The van der Waals surface area contributed by atoms with Gasteiger partial charge in [-0.15, -0.1) is 0 Å². The van der Waals surface area contributed by atoms with Gasteiger partial charge in [0, 0.05) is 25.3 Å². The number of rotatable bonds is 12. The van der Waals surface area contributed by atoms with Crippen molar-refractivity contribution < 1.29 is 20.1 Å². The number of anilines is 1. The van der Waals surface area contributed by atoms with Crippen LogP contribution in [0.5, 0.6) is 5.75 Å². The Bertz CT molecular complexity index is 758. The standard InChI is InChI=1S/C24H35NO4/c1-4-24(28,5-2)12-7-13-25(3)22-8-6-9-23(15-22)29-18-19-10-11-20(16-26)21(14-19)17-27/h6,8-11,14-15,26-28H,4-5,7,12-13,16-18H2,1-3H3. The van der Waals surface area contributed by atoms with Gasteiger partial charge in [-0.25, -0.2) is 0 Å². The molecular weight excluding hydrogens is 366 g/mol.